The number of benzene rings is 1. The van der Waals surface area contributed by atoms with E-state index in [1.165, 1.54) is 0 Å². The lowest BCUT2D eigenvalue weighted by atomic mass is 9.98. The molecule has 1 N–H and O–H groups in total. The van der Waals surface area contributed by atoms with Gasteiger partial charge in [-0.1, -0.05) is 32.6 Å². The highest BCUT2D eigenvalue weighted by atomic mass is 16.2. The smallest absolute Gasteiger partial charge is 0.255 e. The maximum absolute atomic E-state index is 12.6. The summed E-state index contributed by atoms with van der Waals surface area (Å²) < 4.78 is 0. The van der Waals surface area contributed by atoms with E-state index in [9.17, 15) is 9.59 Å². The van der Waals surface area contributed by atoms with Crippen molar-refractivity contribution in [2.45, 2.75) is 45.2 Å². The first-order valence-electron chi connectivity index (χ1n) is 7.40. The summed E-state index contributed by atoms with van der Waals surface area (Å²) in [5, 5.41) is 2.76. The molecule has 1 atom stereocenters. The van der Waals surface area contributed by atoms with E-state index < -0.39 is 0 Å². The minimum Gasteiger partial charge on any atom is -0.329 e. The van der Waals surface area contributed by atoms with Gasteiger partial charge in [-0.15, -0.1) is 0 Å². The number of fused-ring (bicyclic) bond motifs is 1. The van der Waals surface area contributed by atoms with Crippen LogP contribution in [0.3, 0.4) is 0 Å². The van der Waals surface area contributed by atoms with Gasteiger partial charge in [0.05, 0.1) is 0 Å². The maximum Gasteiger partial charge on any atom is 0.255 e. The van der Waals surface area contributed by atoms with Gasteiger partial charge in [0.2, 0.25) is 5.91 Å². The molecule has 1 saturated heterocycles. The van der Waals surface area contributed by atoms with E-state index >= 15 is 0 Å². The van der Waals surface area contributed by atoms with Gasteiger partial charge in [-0.25, -0.2) is 0 Å². The number of amides is 2. The van der Waals surface area contributed by atoms with Gasteiger partial charge in [-0.05, 0) is 36.0 Å². The molecule has 0 aromatic heterocycles. The molecule has 1 aromatic rings. The number of rotatable bonds is 2. The van der Waals surface area contributed by atoms with Crippen LogP contribution in [0, 0.1) is 0 Å². The Balaban J connectivity index is 1.87. The van der Waals surface area contributed by atoms with E-state index in [1.54, 1.807) is 4.90 Å². The average molecular weight is 284 g/mol. The molecule has 21 heavy (non-hydrogen) atoms. The van der Waals surface area contributed by atoms with Gasteiger partial charge in [0.25, 0.3) is 5.91 Å². The van der Waals surface area contributed by atoms with Gasteiger partial charge < -0.3 is 10.2 Å². The van der Waals surface area contributed by atoms with E-state index in [1.807, 2.05) is 12.1 Å². The fraction of sp³-hybridized carbons (Fsp3) is 0.412. The van der Waals surface area contributed by atoms with Crippen LogP contribution in [0.5, 0.6) is 0 Å². The highest BCUT2D eigenvalue weighted by Gasteiger charge is 2.38. The summed E-state index contributed by atoms with van der Waals surface area (Å²) in [7, 11) is 0. The third-order valence-corrected chi connectivity index (χ3v) is 4.33. The predicted octanol–water partition coefficient (Wildman–Crippen LogP) is 2.56. The first-order chi connectivity index (χ1) is 9.97. The fourth-order valence-corrected chi connectivity index (χ4v) is 3.01. The Morgan fingerprint density at radius 1 is 1.33 bits per heavy atom. The molecule has 2 amide bonds. The van der Waals surface area contributed by atoms with Crippen molar-refractivity contribution in [2.75, 3.05) is 0 Å². The number of carbonyl (C=O) groups excluding carboxylic acids is 2. The van der Waals surface area contributed by atoms with Gasteiger partial charge >= 0.3 is 0 Å². The van der Waals surface area contributed by atoms with Crippen LogP contribution in [0.2, 0.25) is 0 Å². The van der Waals surface area contributed by atoms with Crippen LogP contribution in [0.1, 0.15) is 54.1 Å². The van der Waals surface area contributed by atoms with Gasteiger partial charge in [0.1, 0.15) is 6.04 Å². The van der Waals surface area contributed by atoms with E-state index in [-0.39, 0.29) is 17.9 Å². The monoisotopic (exact) mass is 284 g/mol. The highest BCUT2D eigenvalue weighted by molar-refractivity contribution is 6.01. The zero-order valence-electron chi connectivity index (χ0n) is 12.5. The molecule has 0 unspecified atom stereocenters. The maximum atomic E-state index is 12.6. The molecule has 0 spiro atoms. The summed E-state index contributed by atoms with van der Waals surface area (Å²) in [6.45, 7) is 8.53. The molecule has 3 rings (SSSR count). The fourth-order valence-electron chi connectivity index (χ4n) is 3.01. The van der Waals surface area contributed by atoms with Gasteiger partial charge in [0, 0.05) is 17.8 Å². The van der Waals surface area contributed by atoms with E-state index in [0.717, 1.165) is 28.8 Å². The number of nitrogens with one attached hydrogen (secondary N) is 1. The third-order valence-electron chi connectivity index (χ3n) is 4.33. The lowest BCUT2D eigenvalue weighted by Gasteiger charge is -2.30. The number of hydrogen-bond acceptors (Lipinski definition) is 2. The van der Waals surface area contributed by atoms with Gasteiger partial charge in [-0.2, -0.15) is 0 Å². The number of carbonyl (C=O) groups is 2. The van der Waals surface area contributed by atoms with Crippen molar-refractivity contribution in [1.29, 1.82) is 0 Å². The minimum atomic E-state index is -0.377. The van der Waals surface area contributed by atoms with E-state index in [0.29, 0.717) is 18.9 Å². The van der Waals surface area contributed by atoms with Crippen molar-refractivity contribution in [3.8, 4) is 0 Å². The summed E-state index contributed by atoms with van der Waals surface area (Å²) in [6, 6.07) is 5.69. The minimum absolute atomic E-state index is 0.0276. The topological polar surface area (TPSA) is 49.4 Å². The zero-order valence-corrected chi connectivity index (χ0v) is 12.5. The summed E-state index contributed by atoms with van der Waals surface area (Å²) in [5.74, 6) is 0.245. The highest BCUT2D eigenvalue weighted by Crippen LogP contribution is 2.30. The van der Waals surface area contributed by atoms with Crippen LogP contribution >= 0.6 is 0 Å². The Bertz CT molecular complexity index is 634. The predicted molar refractivity (Wildman–Crippen MR) is 80.7 cm³/mol. The molecule has 4 nitrogen and oxygen atoms in total. The Kier molecular flexibility index (Phi) is 3.32. The van der Waals surface area contributed by atoms with Crippen molar-refractivity contribution < 1.29 is 9.59 Å². The quantitative estimate of drug-likeness (QED) is 0.907. The SMILES string of the molecule is C=C1CC[C@@H](N2Cc3ccc(C(C)C)cc3C2=O)C(=O)N1. The van der Waals surface area contributed by atoms with Crippen molar-refractivity contribution in [2.24, 2.45) is 0 Å². The van der Waals surface area contributed by atoms with Crippen LogP contribution in [0.15, 0.2) is 30.5 Å². The molecule has 2 aliphatic heterocycles. The Morgan fingerprint density at radius 3 is 2.76 bits per heavy atom. The van der Waals surface area contributed by atoms with Gasteiger partial charge in [-0.3, -0.25) is 9.59 Å². The number of nitrogens with zero attached hydrogens (tertiary/aromatic N) is 1. The van der Waals surface area contributed by atoms with Crippen molar-refractivity contribution >= 4 is 11.8 Å². The number of hydrogen-bond donors (Lipinski definition) is 1. The normalized spacial score (nSPS) is 21.8. The second-order valence-electron chi connectivity index (χ2n) is 6.15. The molecule has 1 fully saturated rings. The average Bonchev–Trinajstić information content (AvgIpc) is 2.75. The van der Waals surface area contributed by atoms with Crippen molar-refractivity contribution in [3.05, 3.63) is 47.2 Å². The molecule has 1 aromatic carbocycles. The summed E-state index contributed by atoms with van der Waals surface area (Å²) in [4.78, 5) is 26.4. The summed E-state index contributed by atoms with van der Waals surface area (Å²) >= 11 is 0. The van der Waals surface area contributed by atoms with Crippen LogP contribution < -0.4 is 5.32 Å². The van der Waals surface area contributed by atoms with E-state index in [4.69, 9.17) is 0 Å². The molecular weight excluding hydrogens is 264 g/mol. The molecular formula is C17H20N2O2. The van der Waals surface area contributed by atoms with Crippen LogP contribution in [-0.2, 0) is 11.3 Å². The lowest BCUT2D eigenvalue weighted by molar-refractivity contribution is -0.126. The van der Waals surface area contributed by atoms with Crippen molar-refractivity contribution in [1.82, 2.24) is 10.2 Å². The zero-order chi connectivity index (χ0) is 15.1. The number of allylic oxidation sites excluding steroid dienone is 1. The van der Waals surface area contributed by atoms with Gasteiger partial charge in [0.15, 0.2) is 0 Å². The summed E-state index contributed by atoms with van der Waals surface area (Å²) in [5.41, 5.74) is 3.66. The molecule has 2 aliphatic rings. The first-order valence-corrected chi connectivity index (χ1v) is 7.40. The number of piperidine rings is 1. The summed E-state index contributed by atoms with van der Waals surface area (Å²) in [6.07, 6.45) is 1.38. The molecule has 0 saturated carbocycles. The van der Waals surface area contributed by atoms with Crippen LogP contribution in [0.25, 0.3) is 0 Å². The third kappa shape index (κ3) is 2.35. The molecule has 110 valence electrons. The second kappa shape index (κ2) is 5.02. The first kappa shape index (κ1) is 13.9. The second-order valence-corrected chi connectivity index (χ2v) is 6.15. The molecule has 0 radical (unpaired) electrons. The Hall–Kier alpha value is -2.10. The Labute approximate surface area is 124 Å². The van der Waals surface area contributed by atoms with Crippen molar-refractivity contribution in [3.63, 3.8) is 0 Å². The molecule has 0 bridgehead atoms. The van der Waals surface area contributed by atoms with Crippen LogP contribution in [-0.4, -0.2) is 22.8 Å². The van der Waals surface area contributed by atoms with E-state index in [2.05, 4.69) is 31.8 Å². The Morgan fingerprint density at radius 2 is 2.10 bits per heavy atom. The van der Waals surface area contributed by atoms with Crippen LogP contribution in [0.4, 0.5) is 0 Å². The largest absolute Gasteiger partial charge is 0.329 e. The standard InChI is InChI=1S/C17H20N2O2/c1-10(2)12-5-6-13-9-19(17(21)14(13)8-12)15-7-4-11(3)18-16(15)20/h5-6,8,10,15H,3-4,7,9H2,1-2H3,(H,18,20)/t15-/m1/s1. The molecule has 4 heteroatoms. The lowest BCUT2D eigenvalue weighted by Crippen LogP contribution is -2.49. The molecule has 2 heterocycles. The molecule has 0 aliphatic carbocycles.